The lowest BCUT2D eigenvalue weighted by molar-refractivity contribution is 0.0858. The van der Waals surface area contributed by atoms with Crippen molar-refractivity contribution in [3.05, 3.63) is 24.3 Å². The molecule has 2 heterocycles. The second-order valence-electron chi connectivity index (χ2n) is 4.95. The fourth-order valence-electron chi connectivity index (χ4n) is 2.22. The van der Waals surface area contributed by atoms with Gasteiger partial charge in [0.25, 0.3) is 0 Å². The zero-order valence-electron chi connectivity index (χ0n) is 11.1. The number of fused-ring (bicyclic) bond motifs is 1. The number of para-hydroxylation sites is 2. The number of guanidine groups is 1. The van der Waals surface area contributed by atoms with E-state index < -0.39 is 0 Å². The van der Waals surface area contributed by atoms with Gasteiger partial charge in [-0.2, -0.15) is 0 Å². The van der Waals surface area contributed by atoms with Crippen LogP contribution in [0.1, 0.15) is 13.3 Å². The Labute approximate surface area is 113 Å². The summed E-state index contributed by atoms with van der Waals surface area (Å²) < 4.78 is 11.6. The van der Waals surface area contributed by atoms with Crippen LogP contribution in [-0.4, -0.2) is 37.8 Å². The van der Waals surface area contributed by atoms with Gasteiger partial charge in [0.1, 0.15) is 12.7 Å². The molecule has 3 rings (SSSR count). The highest BCUT2D eigenvalue weighted by molar-refractivity contribution is 5.81. The molecule has 19 heavy (non-hydrogen) atoms. The first-order chi connectivity index (χ1) is 9.31. The average molecular weight is 261 g/mol. The highest BCUT2D eigenvalue weighted by Crippen LogP contribution is 2.31. The Bertz CT molecular complexity index is 476. The SMILES string of the molecule is CC1CN=C(NCCC2COc3ccccc3O2)N1. The number of benzene rings is 1. The summed E-state index contributed by atoms with van der Waals surface area (Å²) in [4.78, 5) is 4.36. The summed E-state index contributed by atoms with van der Waals surface area (Å²) in [7, 11) is 0. The van der Waals surface area contributed by atoms with Crippen LogP contribution >= 0.6 is 0 Å². The molecule has 0 aromatic heterocycles. The molecule has 1 aromatic carbocycles. The Morgan fingerprint density at radius 3 is 3.00 bits per heavy atom. The van der Waals surface area contributed by atoms with Gasteiger partial charge < -0.3 is 20.1 Å². The monoisotopic (exact) mass is 261 g/mol. The lowest BCUT2D eigenvalue weighted by Gasteiger charge is -2.26. The Hall–Kier alpha value is -1.91. The average Bonchev–Trinajstić information content (AvgIpc) is 2.84. The molecule has 2 atom stereocenters. The zero-order valence-corrected chi connectivity index (χ0v) is 11.1. The van der Waals surface area contributed by atoms with Crippen molar-refractivity contribution in [3.63, 3.8) is 0 Å². The second-order valence-corrected chi connectivity index (χ2v) is 4.95. The van der Waals surface area contributed by atoms with Crippen LogP contribution in [0.4, 0.5) is 0 Å². The van der Waals surface area contributed by atoms with Gasteiger partial charge in [-0.3, -0.25) is 4.99 Å². The summed E-state index contributed by atoms with van der Waals surface area (Å²) in [6.07, 6.45) is 0.991. The predicted molar refractivity (Wildman–Crippen MR) is 73.9 cm³/mol. The maximum atomic E-state index is 5.89. The van der Waals surface area contributed by atoms with Gasteiger partial charge in [-0.05, 0) is 19.1 Å². The molecule has 2 unspecified atom stereocenters. The van der Waals surface area contributed by atoms with Gasteiger partial charge in [0.2, 0.25) is 0 Å². The van der Waals surface area contributed by atoms with Gasteiger partial charge in [-0.15, -0.1) is 0 Å². The van der Waals surface area contributed by atoms with E-state index in [9.17, 15) is 0 Å². The zero-order chi connectivity index (χ0) is 13.1. The van der Waals surface area contributed by atoms with E-state index in [0.29, 0.717) is 12.6 Å². The van der Waals surface area contributed by atoms with Crippen molar-refractivity contribution < 1.29 is 9.47 Å². The Morgan fingerprint density at radius 1 is 1.37 bits per heavy atom. The second kappa shape index (κ2) is 5.38. The summed E-state index contributed by atoms with van der Waals surface area (Å²) in [6.45, 7) is 4.40. The minimum absolute atomic E-state index is 0.0989. The van der Waals surface area contributed by atoms with Crippen molar-refractivity contribution in [1.29, 1.82) is 0 Å². The minimum atomic E-state index is 0.0989. The van der Waals surface area contributed by atoms with Crippen molar-refractivity contribution in [3.8, 4) is 11.5 Å². The largest absolute Gasteiger partial charge is 0.486 e. The van der Waals surface area contributed by atoms with Crippen molar-refractivity contribution in [2.75, 3.05) is 19.7 Å². The maximum Gasteiger partial charge on any atom is 0.191 e. The van der Waals surface area contributed by atoms with Crippen LogP contribution in [0.3, 0.4) is 0 Å². The van der Waals surface area contributed by atoms with Gasteiger partial charge in [0.05, 0.1) is 6.54 Å². The third-order valence-corrected chi connectivity index (χ3v) is 3.23. The third kappa shape index (κ3) is 2.92. The summed E-state index contributed by atoms with van der Waals surface area (Å²) in [5, 5.41) is 6.56. The molecule has 0 bridgehead atoms. The molecule has 2 aliphatic rings. The van der Waals surface area contributed by atoms with Crippen molar-refractivity contribution in [2.45, 2.75) is 25.5 Å². The van der Waals surface area contributed by atoms with Crippen LogP contribution < -0.4 is 20.1 Å². The van der Waals surface area contributed by atoms with E-state index in [0.717, 1.165) is 37.0 Å². The number of hydrogen-bond acceptors (Lipinski definition) is 5. The quantitative estimate of drug-likeness (QED) is 0.857. The standard InChI is InChI=1S/C14H19N3O2/c1-10-8-16-14(17-10)15-7-6-11-9-18-12-4-2-3-5-13(12)19-11/h2-5,10-11H,6-9H2,1H3,(H2,15,16,17). The Balaban J connectivity index is 1.45. The third-order valence-electron chi connectivity index (χ3n) is 3.23. The minimum Gasteiger partial charge on any atom is -0.486 e. The van der Waals surface area contributed by atoms with Crippen LogP contribution in [0.2, 0.25) is 0 Å². The normalized spacial score (nSPS) is 24.6. The van der Waals surface area contributed by atoms with Gasteiger partial charge in [-0.1, -0.05) is 12.1 Å². The number of ether oxygens (including phenoxy) is 2. The summed E-state index contributed by atoms with van der Waals surface area (Å²) in [6, 6.07) is 8.22. The number of nitrogens with zero attached hydrogens (tertiary/aromatic N) is 1. The molecule has 0 fully saturated rings. The van der Waals surface area contributed by atoms with Gasteiger partial charge >= 0.3 is 0 Å². The molecule has 102 valence electrons. The molecule has 0 radical (unpaired) electrons. The molecule has 0 aliphatic carbocycles. The molecule has 1 aromatic rings. The topological polar surface area (TPSA) is 54.9 Å². The molecule has 0 spiro atoms. The first-order valence-corrected chi connectivity index (χ1v) is 6.74. The fourth-order valence-corrected chi connectivity index (χ4v) is 2.22. The van der Waals surface area contributed by atoms with Crippen LogP contribution in [0.15, 0.2) is 29.3 Å². The molecule has 5 heteroatoms. The van der Waals surface area contributed by atoms with Crippen molar-refractivity contribution in [2.24, 2.45) is 4.99 Å². The smallest absolute Gasteiger partial charge is 0.191 e. The summed E-state index contributed by atoms with van der Waals surface area (Å²) in [5.74, 6) is 2.57. The van der Waals surface area contributed by atoms with Gasteiger partial charge in [-0.25, -0.2) is 0 Å². The fraction of sp³-hybridized carbons (Fsp3) is 0.500. The number of nitrogens with one attached hydrogen (secondary N) is 2. The first kappa shape index (κ1) is 12.1. The van der Waals surface area contributed by atoms with E-state index in [1.54, 1.807) is 0 Å². The number of aliphatic imine (C=N–C) groups is 1. The van der Waals surface area contributed by atoms with Crippen LogP contribution in [0, 0.1) is 0 Å². The highest BCUT2D eigenvalue weighted by Gasteiger charge is 2.20. The lowest BCUT2D eigenvalue weighted by Crippen LogP contribution is -2.40. The van der Waals surface area contributed by atoms with Gasteiger partial charge in [0.15, 0.2) is 17.5 Å². The summed E-state index contributed by atoms with van der Waals surface area (Å²) >= 11 is 0. The predicted octanol–water partition coefficient (Wildman–Crippen LogP) is 1.15. The molecule has 0 saturated carbocycles. The molecule has 2 N–H and O–H groups in total. The molecular formula is C14H19N3O2. The summed E-state index contributed by atoms with van der Waals surface area (Å²) in [5.41, 5.74) is 0. The number of hydrogen-bond donors (Lipinski definition) is 2. The molecule has 2 aliphatic heterocycles. The van der Waals surface area contributed by atoms with Crippen LogP contribution in [-0.2, 0) is 0 Å². The van der Waals surface area contributed by atoms with Gasteiger partial charge in [0, 0.05) is 19.0 Å². The van der Waals surface area contributed by atoms with E-state index in [1.807, 2.05) is 24.3 Å². The first-order valence-electron chi connectivity index (χ1n) is 6.74. The Morgan fingerprint density at radius 2 is 2.21 bits per heavy atom. The molecule has 5 nitrogen and oxygen atoms in total. The van der Waals surface area contributed by atoms with E-state index in [1.165, 1.54) is 0 Å². The lowest BCUT2D eigenvalue weighted by atomic mass is 10.2. The highest BCUT2D eigenvalue weighted by atomic mass is 16.6. The van der Waals surface area contributed by atoms with Crippen LogP contribution in [0.25, 0.3) is 0 Å². The number of rotatable bonds is 3. The maximum absolute atomic E-state index is 5.89. The van der Waals surface area contributed by atoms with E-state index >= 15 is 0 Å². The van der Waals surface area contributed by atoms with E-state index in [-0.39, 0.29) is 6.10 Å². The molecule has 0 amide bonds. The Kier molecular flexibility index (Phi) is 3.44. The van der Waals surface area contributed by atoms with Crippen molar-refractivity contribution >= 4 is 5.96 Å². The van der Waals surface area contributed by atoms with E-state index in [4.69, 9.17) is 9.47 Å². The molecular weight excluding hydrogens is 242 g/mol. The van der Waals surface area contributed by atoms with Crippen molar-refractivity contribution in [1.82, 2.24) is 10.6 Å². The van der Waals surface area contributed by atoms with E-state index in [2.05, 4.69) is 22.5 Å². The van der Waals surface area contributed by atoms with Crippen LogP contribution in [0.5, 0.6) is 11.5 Å². The molecule has 0 saturated heterocycles.